The summed E-state index contributed by atoms with van der Waals surface area (Å²) in [4.78, 5) is 15.6. The second kappa shape index (κ2) is 9.75. The molecule has 7 nitrogen and oxygen atoms in total. The quantitative estimate of drug-likeness (QED) is 0.624. The second-order valence-electron chi connectivity index (χ2n) is 5.41. The molecule has 25 heavy (non-hydrogen) atoms. The van der Waals surface area contributed by atoms with Crippen molar-refractivity contribution in [3.63, 3.8) is 0 Å². The number of hydrogen-bond donors (Lipinski definition) is 2. The van der Waals surface area contributed by atoms with Crippen molar-refractivity contribution >= 4 is 22.0 Å². The van der Waals surface area contributed by atoms with Gasteiger partial charge in [0.1, 0.15) is 0 Å². The van der Waals surface area contributed by atoms with E-state index in [1.54, 1.807) is 12.5 Å². The van der Waals surface area contributed by atoms with Crippen LogP contribution in [0.5, 0.6) is 0 Å². The molecule has 1 heterocycles. The fourth-order valence-electron chi connectivity index (χ4n) is 2.08. The van der Waals surface area contributed by atoms with E-state index < -0.39 is 10.0 Å². The van der Waals surface area contributed by atoms with E-state index in [1.165, 1.54) is 6.08 Å². The highest BCUT2D eigenvalue weighted by Gasteiger charge is 2.06. The van der Waals surface area contributed by atoms with Gasteiger partial charge in [-0.3, -0.25) is 4.79 Å². The summed E-state index contributed by atoms with van der Waals surface area (Å²) in [5.74, 6) is -0.180. The number of aromatic nitrogens is 2. The Balaban J connectivity index is 1.61. The Kier molecular flexibility index (Phi) is 7.36. The number of carbonyl (C=O) groups excluding carboxylic acids is 1. The van der Waals surface area contributed by atoms with Gasteiger partial charge in [-0.05, 0) is 18.1 Å². The van der Waals surface area contributed by atoms with Gasteiger partial charge in [-0.1, -0.05) is 30.3 Å². The zero-order chi connectivity index (χ0) is 18.0. The Bertz CT molecular complexity index is 771. The highest BCUT2D eigenvalue weighted by atomic mass is 32.2. The Morgan fingerprint density at radius 3 is 2.72 bits per heavy atom. The molecule has 1 aromatic carbocycles. The van der Waals surface area contributed by atoms with E-state index >= 15 is 0 Å². The minimum Gasteiger partial charge on any atom is -0.356 e. The number of imidazole rings is 1. The number of rotatable bonds is 10. The van der Waals surface area contributed by atoms with Crippen LogP contribution in [0.3, 0.4) is 0 Å². The summed E-state index contributed by atoms with van der Waals surface area (Å²) in [6.45, 7) is 1.38. The van der Waals surface area contributed by atoms with Gasteiger partial charge in [-0.2, -0.15) is 0 Å². The highest BCUT2D eigenvalue weighted by Crippen LogP contribution is 2.02. The lowest BCUT2D eigenvalue weighted by atomic mass is 10.2. The third-order valence-electron chi connectivity index (χ3n) is 3.37. The fourth-order valence-corrected chi connectivity index (χ4v) is 2.90. The summed E-state index contributed by atoms with van der Waals surface area (Å²) in [5.41, 5.74) is 0.795. The third-order valence-corrected chi connectivity index (χ3v) is 4.47. The van der Waals surface area contributed by atoms with Crippen LogP contribution in [-0.4, -0.2) is 37.0 Å². The lowest BCUT2D eigenvalue weighted by molar-refractivity contribution is -0.120. The van der Waals surface area contributed by atoms with Crippen molar-refractivity contribution in [2.45, 2.75) is 19.4 Å². The van der Waals surface area contributed by atoms with Crippen molar-refractivity contribution in [2.24, 2.45) is 0 Å². The summed E-state index contributed by atoms with van der Waals surface area (Å²) in [6.07, 6.45) is 7.69. The first kappa shape index (κ1) is 18.9. The first-order chi connectivity index (χ1) is 12.1. The molecular weight excluding hydrogens is 340 g/mol. The molecule has 0 radical (unpaired) electrons. The van der Waals surface area contributed by atoms with E-state index in [9.17, 15) is 13.2 Å². The average molecular weight is 362 g/mol. The van der Waals surface area contributed by atoms with Gasteiger partial charge in [0.2, 0.25) is 15.9 Å². The van der Waals surface area contributed by atoms with Crippen LogP contribution >= 0.6 is 0 Å². The second-order valence-corrected chi connectivity index (χ2v) is 7.06. The van der Waals surface area contributed by atoms with E-state index in [0.717, 1.165) is 23.9 Å². The van der Waals surface area contributed by atoms with Gasteiger partial charge in [0.05, 0.1) is 6.33 Å². The van der Waals surface area contributed by atoms with Gasteiger partial charge in [0.25, 0.3) is 0 Å². The Hall–Kier alpha value is -2.45. The zero-order valence-corrected chi connectivity index (χ0v) is 14.7. The molecule has 1 amide bonds. The van der Waals surface area contributed by atoms with Gasteiger partial charge in [0.15, 0.2) is 0 Å². The number of aryl methyl sites for hydroxylation is 1. The third kappa shape index (κ3) is 7.77. The van der Waals surface area contributed by atoms with E-state index in [2.05, 4.69) is 15.0 Å². The van der Waals surface area contributed by atoms with E-state index in [-0.39, 0.29) is 18.9 Å². The molecule has 1 aromatic heterocycles. The number of benzene rings is 1. The van der Waals surface area contributed by atoms with Gasteiger partial charge >= 0.3 is 0 Å². The topological polar surface area (TPSA) is 93.1 Å². The summed E-state index contributed by atoms with van der Waals surface area (Å²) < 4.78 is 28.0. The summed E-state index contributed by atoms with van der Waals surface area (Å²) in [6, 6.07) is 9.14. The maximum Gasteiger partial charge on any atom is 0.233 e. The van der Waals surface area contributed by atoms with Crippen LogP contribution in [0, 0.1) is 0 Å². The Labute approximate surface area is 147 Å². The molecule has 0 fully saturated rings. The molecule has 0 aliphatic heterocycles. The largest absolute Gasteiger partial charge is 0.356 e. The lowest BCUT2D eigenvalue weighted by Crippen LogP contribution is -2.30. The standard InChI is InChI=1S/C17H22N4O3S/c22-17(19-9-4-12-21-13-11-18-15-21)7-10-20-25(23,24)14-8-16-5-2-1-3-6-16/h1-3,5-6,8,11,13-15,20H,4,7,9-10,12H2,(H,19,22). The maximum atomic E-state index is 11.8. The number of nitrogens with zero attached hydrogens (tertiary/aromatic N) is 2. The number of sulfonamides is 1. The molecule has 0 saturated carbocycles. The first-order valence-corrected chi connectivity index (χ1v) is 9.55. The van der Waals surface area contributed by atoms with Crippen molar-refractivity contribution in [3.05, 3.63) is 60.0 Å². The minimum atomic E-state index is -3.55. The van der Waals surface area contributed by atoms with Crippen molar-refractivity contribution in [3.8, 4) is 0 Å². The number of nitrogens with one attached hydrogen (secondary N) is 2. The molecule has 2 rings (SSSR count). The molecule has 8 heteroatoms. The van der Waals surface area contributed by atoms with Crippen LogP contribution in [0.15, 0.2) is 54.5 Å². The summed E-state index contributed by atoms with van der Waals surface area (Å²) in [5, 5.41) is 3.87. The molecule has 0 aliphatic rings. The summed E-state index contributed by atoms with van der Waals surface area (Å²) >= 11 is 0. The molecule has 0 saturated heterocycles. The first-order valence-electron chi connectivity index (χ1n) is 8.00. The molecule has 0 spiro atoms. The molecule has 0 aliphatic carbocycles. The van der Waals surface area contributed by atoms with Crippen LogP contribution in [-0.2, 0) is 21.4 Å². The predicted octanol–water partition coefficient (Wildman–Crippen LogP) is 1.37. The van der Waals surface area contributed by atoms with Crippen LogP contribution in [0.1, 0.15) is 18.4 Å². The minimum absolute atomic E-state index is 0.0643. The molecule has 0 unspecified atom stereocenters. The zero-order valence-electron chi connectivity index (χ0n) is 13.8. The number of amides is 1. The SMILES string of the molecule is O=C(CCNS(=O)(=O)C=Cc1ccccc1)NCCCn1ccnc1. The molecule has 0 bridgehead atoms. The van der Waals surface area contributed by atoms with Gasteiger partial charge in [-0.15, -0.1) is 0 Å². The number of hydrogen-bond acceptors (Lipinski definition) is 4. The Morgan fingerprint density at radius 2 is 2.00 bits per heavy atom. The lowest BCUT2D eigenvalue weighted by Gasteiger charge is -2.06. The molecule has 134 valence electrons. The summed E-state index contributed by atoms with van der Waals surface area (Å²) in [7, 11) is -3.55. The van der Waals surface area contributed by atoms with E-state index in [4.69, 9.17) is 0 Å². The van der Waals surface area contributed by atoms with Crippen LogP contribution in [0.4, 0.5) is 0 Å². The highest BCUT2D eigenvalue weighted by molar-refractivity contribution is 7.92. The average Bonchev–Trinajstić information content (AvgIpc) is 3.11. The van der Waals surface area contributed by atoms with Crippen molar-refractivity contribution < 1.29 is 13.2 Å². The van der Waals surface area contributed by atoms with E-state index in [0.29, 0.717) is 6.54 Å². The predicted molar refractivity (Wildman–Crippen MR) is 96.9 cm³/mol. The normalized spacial score (nSPS) is 11.7. The number of carbonyl (C=O) groups is 1. The fraction of sp³-hybridized carbons (Fsp3) is 0.294. The van der Waals surface area contributed by atoms with Crippen LogP contribution < -0.4 is 10.0 Å². The van der Waals surface area contributed by atoms with Gasteiger partial charge in [-0.25, -0.2) is 18.1 Å². The van der Waals surface area contributed by atoms with Crippen LogP contribution in [0.25, 0.3) is 6.08 Å². The molecular formula is C17H22N4O3S. The molecule has 2 aromatic rings. The van der Waals surface area contributed by atoms with Crippen molar-refractivity contribution in [2.75, 3.05) is 13.1 Å². The van der Waals surface area contributed by atoms with Crippen molar-refractivity contribution in [1.29, 1.82) is 0 Å². The van der Waals surface area contributed by atoms with Gasteiger partial charge in [0, 0.05) is 43.9 Å². The van der Waals surface area contributed by atoms with Gasteiger partial charge < -0.3 is 9.88 Å². The van der Waals surface area contributed by atoms with E-state index in [1.807, 2.05) is 41.1 Å². The molecule has 0 atom stereocenters. The Morgan fingerprint density at radius 1 is 1.20 bits per heavy atom. The smallest absolute Gasteiger partial charge is 0.233 e. The van der Waals surface area contributed by atoms with Crippen LogP contribution in [0.2, 0.25) is 0 Å². The monoisotopic (exact) mass is 362 g/mol. The maximum absolute atomic E-state index is 11.8. The molecule has 2 N–H and O–H groups in total. The van der Waals surface area contributed by atoms with Crippen molar-refractivity contribution in [1.82, 2.24) is 19.6 Å².